The van der Waals surface area contributed by atoms with Gasteiger partial charge in [-0.25, -0.2) is 0 Å². The SMILES string of the molecule is O=C1CC2(CCCCCN(PC3CC3)C2=S)CCN1. The van der Waals surface area contributed by atoms with E-state index < -0.39 is 0 Å². The number of rotatable bonds is 2. The Hall–Kier alpha value is -0.210. The summed E-state index contributed by atoms with van der Waals surface area (Å²) < 4.78 is 2.48. The van der Waals surface area contributed by atoms with Gasteiger partial charge in [-0.05, 0) is 46.5 Å². The molecule has 3 fully saturated rings. The molecule has 3 nitrogen and oxygen atoms in total. The van der Waals surface area contributed by atoms with Crippen LogP contribution in [0.4, 0.5) is 0 Å². The van der Waals surface area contributed by atoms with E-state index in [4.69, 9.17) is 12.2 Å². The third-order valence-corrected chi connectivity index (χ3v) is 7.09. The Bertz CT molecular complexity index is 386. The average Bonchev–Trinajstić information content (AvgIpc) is 3.19. The molecule has 5 heteroatoms. The normalized spacial score (nSPS) is 33.6. The van der Waals surface area contributed by atoms with Gasteiger partial charge in [0.2, 0.25) is 5.91 Å². The van der Waals surface area contributed by atoms with Crippen LogP contribution in [0, 0.1) is 5.41 Å². The molecule has 0 aromatic carbocycles. The number of amides is 1. The topological polar surface area (TPSA) is 32.3 Å². The third kappa shape index (κ3) is 3.11. The van der Waals surface area contributed by atoms with E-state index in [2.05, 4.69) is 9.99 Å². The van der Waals surface area contributed by atoms with E-state index in [9.17, 15) is 4.79 Å². The first kappa shape index (κ1) is 13.8. The quantitative estimate of drug-likeness (QED) is 0.628. The Morgan fingerprint density at radius 3 is 2.84 bits per heavy atom. The van der Waals surface area contributed by atoms with Crippen LogP contribution in [0.3, 0.4) is 0 Å². The summed E-state index contributed by atoms with van der Waals surface area (Å²) in [6.07, 6.45) is 9.33. The van der Waals surface area contributed by atoms with Crippen molar-refractivity contribution < 1.29 is 4.79 Å². The highest BCUT2D eigenvalue weighted by atomic mass is 32.1. The minimum Gasteiger partial charge on any atom is -0.356 e. The molecule has 0 bridgehead atoms. The Morgan fingerprint density at radius 2 is 2.11 bits per heavy atom. The van der Waals surface area contributed by atoms with Crippen LogP contribution >= 0.6 is 20.9 Å². The predicted molar refractivity (Wildman–Crippen MR) is 83.8 cm³/mol. The van der Waals surface area contributed by atoms with Gasteiger partial charge in [-0.3, -0.25) is 4.79 Å². The zero-order valence-electron chi connectivity index (χ0n) is 11.4. The fourth-order valence-electron chi connectivity index (χ4n) is 3.26. The maximum absolute atomic E-state index is 11.8. The Kier molecular flexibility index (Phi) is 4.09. The number of hydrogen-bond acceptors (Lipinski definition) is 2. The first-order chi connectivity index (χ1) is 9.20. The van der Waals surface area contributed by atoms with E-state index in [0.29, 0.717) is 6.42 Å². The van der Waals surface area contributed by atoms with Crippen molar-refractivity contribution in [3.05, 3.63) is 0 Å². The minimum absolute atomic E-state index is 0.0000231. The van der Waals surface area contributed by atoms with E-state index in [-0.39, 0.29) is 11.3 Å². The number of hydrogen-bond donors (Lipinski definition) is 1. The van der Waals surface area contributed by atoms with Gasteiger partial charge >= 0.3 is 0 Å². The lowest BCUT2D eigenvalue weighted by atomic mass is 9.73. The summed E-state index contributed by atoms with van der Waals surface area (Å²) in [5.41, 5.74) is 0.895. The van der Waals surface area contributed by atoms with Gasteiger partial charge in [0.05, 0.1) is 4.99 Å². The molecule has 0 aromatic heterocycles. The third-order valence-electron chi connectivity index (χ3n) is 4.58. The molecular formula is C14H23N2OPS. The molecule has 2 saturated heterocycles. The fourth-order valence-corrected chi connectivity index (χ4v) is 5.29. The molecule has 2 atom stereocenters. The molecule has 1 aliphatic carbocycles. The van der Waals surface area contributed by atoms with Crippen LogP contribution < -0.4 is 5.32 Å². The zero-order valence-corrected chi connectivity index (χ0v) is 13.2. The van der Waals surface area contributed by atoms with Gasteiger partial charge in [0, 0.05) is 24.9 Å². The Labute approximate surface area is 122 Å². The van der Waals surface area contributed by atoms with Crippen molar-refractivity contribution in [1.29, 1.82) is 0 Å². The average molecular weight is 298 g/mol. The van der Waals surface area contributed by atoms with E-state index in [1.807, 2.05) is 0 Å². The highest BCUT2D eigenvalue weighted by Gasteiger charge is 2.42. The van der Waals surface area contributed by atoms with Gasteiger partial charge in [0.25, 0.3) is 0 Å². The summed E-state index contributed by atoms with van der Waals surface area (Å²) in [6, 6.07) is 0. The molecular weight excluding hydrogens is 275 g/mol. The lowest BCUT2D eigenvalue weighted by Crippen LogP contribution is -2.49. The molecule has 2 aliphatic heterocycles. The van der Waals surface area contributed by atoms with E-state index in [0.717, 1.165) is 45.3 Å². The number of thiocarbonyl (C=S) groups is 1. The van der Waals surface area contributed by atoms with E-state index in [1.54, 1.807) is 0 Å². The summed E-state index contributed by atoms with van der Waals surface area (Å²) >= 11 is 5.86. The number of piperidine rings is 1. The standard InChI is InChI=1S/C14H23N2OPS/c17-12-10-14(7-8-15-12)6-2-1-3-9-16(13(14)19)18-11-4-5-11/h11,18H,1-10H2,(H,15,17). The minimum atomic E-state index is -0.0000231. The molecule has 2 unspecified atom stereocenters. The molecule has 1 saturated carbocycles. The smallest absolute Gasteiger partial charge is 0.220 e. The van der Waals surface area contributed by atoms with Crippen LogP contribution in [0.25, 0.3) is 0 Å². The largest absolute Gasteiger partial charge is 0.356 e. The van der Waals surface area contributed by atoms with Gasteiger partial charge in [-0.15, -0.1) is 0 Å². The second-order valence-electron chi connectivity index (χ2n) is 6.23. The van der Waals surface area contributed by atoms with Crippen molar-refractivity contribution in [3.8, 4) is 0 Å². The van der Waals surface area contributed by atoms with Gasteiger partial charge in [-0.1, -0.05) is 25.1 Å². The first-order valence-electron chi connectivity index (χ1n) is 7.54. The summed E-state index contributed by atoms with van der Waals surface area (Å²) in [5, 5.41) is 2.96. The number of carbonyl (C=O) groups is 1. The maximum atomic E-state index is 11.8. The number of nitrogens with one attached hydrogen (secondary N) is 1. The highest BCUT2D eigenvalue weighted by Crippen LogP contribution is 2.47. The monoisotopic (exact) mass is 298 g/mol. The van der Waals surface area contributed by atoms with Gasteiger partial charge in [0.15, 0.2) is 0 Å². The van der Waals surface area contributed by atoms with Crippen molar-refractivity contribution in [2.24, 2.45) is 5.41 Å². The number of carbonyl (C=O) groups excluding carboxylic acids is 1. The van der Waals surface area contributed by atoms with Crippen molar-refractivity contribution in [1.82, 2.24) is 9.99 Å². The molecule has 1 N–H and O–H groups in total. The van der Waals surface area contributed by atoms with Gasteiger partial charge in [0.1, 0.15) is 0 Å². The van der Waals surface area contributed by atoms with Gasteiger partial charge in [-0.2, -0.15) is 0 Å². The molecule has 0 aromatic rings. The van der Waals surface area contributed by atoms with E-state index >= 15 is 0 Å². The number of nitrogens with zero attached hydrogens (tertiary/aromatic N) is 1. The first-order valence-corrected chi connectivity index (χ1v) is 8.98. The zero-order chi connectivity index (χ0) is 13.3. The van der Waals surface area contributed by atoms with Crippen LogP contribution in [-0.2, 0) is 4.79 Å². The van der Waals surface area contributed by atoms with Crippen LogP contribution in [0.1, 0.15) is 51.4 Å². The summed E-state index contributed by atoms with van der Waals surface area (Å²) in [5.74, 6) is 0.198. The second kappa shape index (κ2) is 5.65. The fraction of sp³-hybridized carbons (Fsp3) is 0.857. The van der Waals surface area contributed by atoms with Crippen molar-refractivity contribution in [2.75, 3.05) is 13.1 Å². The highest BCUT2D eigenvalue weighted by molar-refractivity contribution is 7.80. The second-order valence-corrected chi connectivity index (χ2v) is 8.23. The van der Waals surface area contributed by atoms with Crippen LogP contribution in [0.2, 0.25) is 0 Å². The Morgan fingerprint density at radius 1 is 1.26 bits per heavy atom. The lowest BCUT2D eigenvalue weighted by Gasteiger charge is -2.43. The van der Waals surface area contributed by atoms with Crippen LogP contribution in [0.15, 0.2) is 0 Å². The Balaban J connectivity index is 1.78. The van der Waals surface area contributed by atoms with Crippen LogP contribution in [-0.4, -0.2) is 34.3 Å². The van der Waals surface area contributed by atoms with E-state index in [1.165, 1.54) is 32.1 Å². The van der Waals surface area contributed by atoms with Crippen LogP contribution in [0.5, 0.6) is 0 Å². The van der Waals surface area contributed by atoms with Crippen molar-refractivity contribution in [3.63, 3.8) is 0 Å². The molecule has 2 heterocycles. The molecule has 1 spiro atoms. The van der Waals surface area contributed by atoms with Gasteiger partial charge < -0.3 is 9.99 Å². The lowest BCUT2D eigenvalue weighted by molar-refractivity contribution is -0.124. The molecule has 3 aliphatic rings. The van der Waals surface area contributed by atoms with Crippen molar-refractivity contribution >= 4 is 31.8 Å². The maximum Gasteiger partial charge on any atom is 0.220 e. The molecule has 19 heavy (non-hydrogen) atoms. The summed E-state index contributed by atoms with van der Waals surface area (Å²) in [6.45, 7) is 1.93. The predicted octanol–water partition coefficient (Wildman–Crippen LogP) is 2.84. The summed E-state index contributed by atoms with van der Waals surface area (Å²) in [7, 11) is 0.873. The molecule has 0 radical (unpaired) electrons. The molecule has 3 rings (SSSR count). The van der Waals surface area contributed by atoms with Crippen molar-refractivity contribution in [2.45, 2.75) is 57.0 Å². The molecule has 1 amide bonds. The summed E-state index contributed by atoms with van der Waals surface area (Å²) in [4.78, 5) is 13.0. The molecule has 106 valence electrons.